The minimum Gasteiger partial charge on any atom is -0.372 e. The summed E-state index contributed by atoms with van der Waals surface area (Å²) in [4.78, 5) is 10.9. The molecular weight excluding hydrogens is 397 g/mol. The van der Waals surface area contributed by atoms with Crippen LogP contribution in [-0.4, -0.2) is 24.1 Å². The molecule has 8 heteroatoms. The summed E-state index contributed by atoms with van der Waals surface area (Å²) < 4.78 is 45.5. The summed E-state index contributed by atoms with van der Waals surface area (Å²) in [6.45, 7) is 3.74. The molecule has 30 heavy (non-hydrogen) atoms. The molecule has 1 N–H and O–H groups in total. The number of nitro groups is 1. The topological polar surface area (TPSA) is 64.4 Å². The van der Waals surface area contributed by atoms with Crippen molar-refractivity contribution in [2.45, 2.75) is 50.6 Å². The zero-order chi connectivity index (χ0) is 21.9. The van der Waals surface area contributed by atoms with E-state index in [1.54, 1.807) is 19.9 Å². The lowest BCUT2D eigenvalue weighted by Gasteiger charge is -2.40. The zero-order valence-corrected chi connectivity index (χ0v) is 16.9. The van der Waals surface area contributed by atoms with Crippen LogP contribution in [0, 0.1) is 17.0 Å². The average molecular weight is 422 g/mol. The molecule has 0 spiro atoms. The van der Waals surface area contributed by atoms with E-state index < -0.39 is 29.4 Å². The second kappa shape index (κ2) is 8.73. The standard InChI is InChI=1S/C22H25F3N2O3/c1-15-10-17(12-19(11-15)22(23,24)25)16(2)30-14-21(18-6-4-3-5-7-18)9-8-20(13-26-21)27(28)29/h3-7,10-12,16,20,26H,8-9,13-14H2,1-2H3/t16-,20?,21-/m1/s1. The van der Waals surface area contributed by atoms with E-state index in [9.17, 15) is 23.3 Å². The number of halogens is 3. The fourth-order valence-corrected chi connectivity index (χ4v) is 3.88. The molecular formula is C22H25F3N2O3. The van der Waals surface area contributed by atoms with Crippen LogP contribution in [0.25, 0.3) is 0 Å². The third-order valence-corrected chi connectivity index (χ3v) is 5.68. The number of ether oxygens (including phenoxy) is 1. The van der Waals surface area contributed by atoms with Gasteiger partial charge in [-0.05, 0) is 43.5 Å². The van der Waals surface area contributed by atoms with E-state index in [-0.39, 0.29) is 18.1 Å². The summed E-state index contributed by atoms with van der Waals surface area (Å²) in [6, 6.07) is 12.8. The van der Waals surface area contributed by atoms with Crippen LogP contribution in [0.15, 0.2) is 48.5 Å². The summed E-state index contributed by atoms with van der Waals surface area (Å²) in [5, 5.41) is 14.4. The van der Waals surface area contributed by atoms with E-state index >= 15 is 0 Å². The molecule has 1 aliphatic heterocycles. The van der Waals surface area contributed by atoms with Crippen molar-refractivity contribution in [2.75, 3.05) is 13.2 Å². The molecule has 1 heterocycles. The van der Waals surface area contributed by atoms with Crippen LogP contribution in [0.3, 0.4) is 0 Å². The van der Waals surface area contributed by atoms with Gasteiger partial charge < -0.3 is 4.74 Å². The van der Waals surface area contributed by atoms with Gasteiger partial charge in [0.25, 0.3) is 0 Å². The van der Waals surface area contributed by atoms with Gasteiger partial charge in [0.2, 0.25) is 6.04 Å². The van der Waals surface area contributed by atoms with Gasteiger partial charge in [-0.1, -0.05) is 42.0 Å². The molecule has 3 atom stereocenters. The van der Waals surface area contributed by atoms with Gasteiger partial charge in [-0.25, -0.2) is 0 Å². The highest BCUT2D eigenvalue weighted by Crippen LogP contribution is 2.35. The second-order valence-corrected chi connectivity index (χ2v) is 7.89. The number of piperidine rings is 1. The van der Waals surface area contributed by atoms with Crippen molar-refractivity contribution in [1.82, 2.24) is 5.32 Å². The molecule has 0 saturated carbocycles. The van der Waals surface area contributed by atoms with Crippen LogP contribution in [0.4, 0.5) is 13.2 Å². The summed E-state index contributed by atoms with van der Waals surface area (Å²) >= 11 is 0. The Kier molecular flexibility index (Phi) is 6.47. The summed E-state index contributed by atoms with van der Waals surface area (Å²) in [6.07, 6.45) is -4.10. The van der Waals surface area contributed by atoms with Crippen molar-refractivity contribution in [3.05, 3.63) is 80.9 Å². The molecule has 5 nitrogen and oxygen atoms in total. The normalized spacial score (nSPS) is 23.2. The van der Waals surface area contributed by atoms with E-state index in [0.29, 0.717) is 24.0 Å². The number of hydrogen-bond acceptors (Lipinski definition) is 4. The average Bonchev–Trinajstić information content (AvgIpc) is 2.72. The van der Waals surface area contributed by atoms with Gasteiger partial charge in [0.15, 0.2) is 0 Å². The monoisotopic (exact) mass is 422 g/mol. The number of aryl methyl sites for hydroxylation is 1. The lowest BCUT2D eigenvalue weighted by molar-refractivity contribution is -0.524. The van der Waals surface area contributed by atoms with Crippen LogP contribution >= 0.6 is 0 Å². The fraction of sp³-hybridized carbons (Fsp3) is 0.455. The molecule has 1 fully saturated rings. The Balaban J connectivity index is 1.80. The Morgan fingerprint density at radius 3 is 2.53 bits per heavy atom. The smallest absolute Gasteiger partial charge is 0.372 e. The first-order chi connectivity index (χ1) is 14.1. The largest absolute Gasteiger partial charge is 0.416 e. The van der Waals surface area contributed by atoms with Crippen molar-refractivity contribution < 1.29 is 22.8 Å². The highest BCUT2D eigenvalue weighted by Gasteiger charge is 2.41. The molecule has 1 aliphatic rings. The molecule has 0 radical (unpaired) electrons. The fourth-order valence-electron chi connectivity index (χ4n) is 3.88. The van der Waals surface area contributed by atoms with Crippen molar-refractivity contribution in [1.29, 1.82) is 0 Å². The Bertz CT molecular complexity index is 879. The third-order valence-electron chi connectivity index (χ3n) is 5.68. The number of nitrogens with zero attached hydrogens (tertiary/aromatic N) is 1. The van der Waals surface area contributed by atoms with Gasteiger partial charge in [-0.15, -0.1) is 0 Å². The predicted octanol–water partition coefficient (Wildman–Crippen LogP) is 5.02. The first kappa shape index (κ1) is 22.2. The molecule has 1 saturated heterocycles. The van der Waals surface area contributed by atoms with Gasteiger partial charge in [0.1, 0.15) is 0 Å². The first-order valence-electron chi connectivity index (χ1n) is 9.85. The highest BCUT2D eigenvalue weighted by atomic mass is 19.4. The molecule has 0 aliphatic carbocycles. The second-order valence-electron chi connectivity index (χ2n) is 7.89. The Morgan fingerprint density at radius 1 is 1.27 bits per heavy atom. The molecule has 0 amide bonds. The number of nitrogens with one attached hydrogen (secondary N) is 1. The van der Waals surface area contributed by atoms with Gasteiger partial charge in [-0.2, -0.15) is 13.2 Å². The molecule has 162 valence electrons. The van der Waals surface area contributed by atoms with Gasteiger partial charge in [0, 0.05) is 11.3 Å². The number of hydrogen-bond donors (Lipinski definition) is 1. The van der Waals surface area contributed by atoms with Crippen LogP contribution in [0.1, 0.15) is 48.1 Å². The summed E-state index contributed by atoms with van der Waals surface area (Å²) in [5.74, 6) is 0. The highest BCUT2D eigenvalue weighted by molar-refractivity contribution is 5.32. The lowest BCUT2D eigenvalue weighted by Crippen LogP contribution is -2.54. The molecule has 1 unspecified atom stereocenters. The summed E-state index contributed by atoms with van der Waals surface area (Å²) in [5.41, 5.74) is 0.579. The molecule has 2 aromatic rings. The van der Waals surface area contributed by atoms with Crippen LogP contribution < -0.4 is 5.32 Å². The molecule has 0 bridgehead atoms. The van der Waals surface area contributed by atoms with E-state index in [4.69, 9.17) is 4.74 Å². The maximum atomic E-state index is 13.2. The van der Waals surface area contributed by atoms with E-state index in [1.807, 2.05) is 30.3 Å². The summed E-state index contributed by atoms with van der Waals surface area (Å²) in [7, 11) is 0. The Labute approximate surface area is 173 Å². The lowest BCUT2D eigenvalue weighted by atomic mass is 9.81. The van der Waals surface area contributed by atoms with Crippen molar-refractivity contribution in [3.63, 3.8) is 0 Å². The number of benzene rings is 2. The third kappa shape index (κ3) is 4.99. The van der Waals surface area contributed by atoms with Crippen LogP contribution in [-0.2, 0) is 16.5 Å². The maximum Gasteiger partial charge on any atom is 0.416 e. The van der Waals surface area contributed by atoms with Gasteiger partial charge in [0.05, 0.1) is 30.4 Å². The van der Waals surface area contributed by atoms with Crippen LogP contribution in [0.2, 0.25) is 0 Å². The zero-order valence-electron chi connectivity index (χ0n) is 16.9. The van der Waals surface area contributed by atoms with E-state index in [1.165, 1.54) is 0 Å². The van der Waals surface area contributed by atoms with E-state index in [0.717, 1.165) is 17.7 Å². The maximum absolute atomic E-state index is 13.2. The van der Waals surface area contributed by atoms with Gasteiger partial charge in [-0.3, -0.25) is 15.4 Å². The van der Waals surface area contributed by atoms with Crippen molar-refractivity contribution in [3.8, 4) is 0 Å². The molecule has 2 aromatic carbocycles. The number of alkyl halides is 3. The minimum absolute atomic E-state index is 0.192. The minimum atomic E-state index is -4.42. The Morgan fingerprint density at radius 2 is 1.97 bits per heavy atom. The molecule has 3 rings (SSSR count). The number of rotatable bonds is 6. The SMILES string of the molecule is Cc1cc([C@@H](C)OC[C@@]2(c3ccccc3)CCC([N+](=O)[O-])CN2)cc(C(F)(F)F)c1. The van der Waals surface area contributed by atoms with Gasteiger partial charge >= 0.3 is 6.18 Å². The first-order valence-corrected chi connectivity index (χ1v) is 9.85. The Hall–Kier alpha value is -2.45. The van der Waals surface area contributed by atoms with Crippen molar-refractivity contribution >= 4 is 0 Å². The van der Waals surface area contributed by atoms with E-state index in [2.05, 4.69) is 5.32 Å². The van der Waals surface area contributed by atoms with Crippen LogP contribution in [0.5, 0.6) is 0 Å². The predicted molar refractivity (Wildman–Crippen MR) is 107 cm³/mol. The van der Waals surface area contributed by atoms with Crippen molar-refractivity contribution in [2.24, 2.45) is 0 Å². The molecule has 0 aromatic heterocycles. The quantitative estimate of drug-likeness (QED) is 0.525.